The maximum Gasteiger partial charge on any atom is 0.321 e. The third kappa shape index (κ3) is 3.89. The van der Waals surface area contributed by atoms with E-state index in [9.17, 15) is 9.59 Å². The molecule has 1 fully saturated rings. The summed E-state index contributed by atoms with van der Waals surface area (Å²) < 4.78 is 0. The van der Waals surface area contributed by atoms with Gasteiger partial charge in [-0.2, -0.15) is 0 Å². The van der Waals surface area contributed by atoms with Gasteiger partial charge in [-0.1, -0.05) is 29.3 Å². The second-order valence-corrected chi connectivity index (χ2v) is 6.64. The quantitative estimate of drug-likeness (QED) is 0.845. The molecule has 5 nitrogen and oxygen atoms in total. The summed E-state index contributed by atoms with van der Waals surface area (Å²) in [7, 11) is 0. The number of amides is 3. The standard InChI is InChI=1S/C18H17Cl2N3O2/c1-11(15-7-4-13(19)10-16(15)20)22-17(24)12-2-5-14(6-3-12)23-9-8-21-18(23)25/h2-7,10-11H,8-9H2,1H3,(H,21,25)(H,22,24). The van der Waals surface area contributed by atoms with Gasteiger partial charge >= 0.3 is 6.03 Å². The normalized spacial score (nSPS) is 15.0. The summed E-state index contributed by atoms with van der Waals surface area (Å²) in [6.07, 6.45) is 0. The number of nitrogens with zero attached hydrogens (tertiary/aromatic N) is 1. The number of urea groups is 1. The van der Waals surface area contributed by atoms with Crippen molar-refractivity contribution in [2.45, 2.75) is 13.0 Å². The fourth-order valence-electron chi connectivity index (χ4n) is 2.72. The molecule has 3 rings (SSSR count). The predicted molar refractivity (Wildman–Crippen MR) is 99.5 cm³/mol. The van der Waals surface area contributed by atoms with Crippen LogP contribution in [0.5, 0.6) is 0 Å². The van der Waals surface area contributed by atoms with Gasteiger partial charge in [0, 0.05) is 34.4 Å². The van der Waals surface area contributed by atoms with Crippen molar-refractivity contribution in [3.63, 3.8) is 0 Å². The number of rotatable bonds is 4. The number of halogens is 2. The van der Waals surface area contributed by atoms with E-state index in [1.165, 1.54) is 0 Å². The number of nitrogens with one attached hydrogen (secondary N) is 2. The topological polar surface area (TPSA) is 61.4 Å². The molecule has 1 saturated heterocycles. The van der Waals surface area contributed by atoms with Gasteiger partial charge in [0.25, 0.3) is 5.91 Å². The van der Waals surface area contributed by atoms with Gasteiger partial charge in [0.1, 0.15) is 0 Å². The monoisotopic (exact) mass is 377 g/mol. The van der Waals surface area contributed by atoms with Crippen LogP contribution in [0, 0.1) is 0 Å². The number of hydrogen-bond donors (Lipinski definition) is 2. The highest BCUT2D eigenvalue weighted by atomic mass is 35.5. The van der Waals surface area contributed by atoms with E-state index in [0.29, 0.717) is 28.7 Å². The molecule has 7 heteroatoms. The Bertz CT molecular complexity index is 808. The van der Waals surface area contributed by atoms with Crippen molar-refractivity contribution in [3.05, 3.63) is 63.6 Å². The molecule has 0 radical (unpaired) electrons. The van der Waals surface area contributed by atoms with E-state index >= 15 is 0 Å². The Morgan fingerprint density at radius 3 is 2.52 bits per heavy atom. The maximum absolute atomic E-state index is 12.4. The molecule has 1 atom stereocenters. The van der Waals surface area contributed by atoms with E-state index in [1.807, 2.05) is 6.92 Å². The zero-order chi connectivity index (χ0) is 18.0. The van der Waals surface area contributed by atoms with Gasteiger partial charge in [0.05, 0.1) is 6.04 Å². The van der Waals surface area contributed by atoms with Crippen LogP contribution in [0.25, 0.3) is 0 Å². The fraction of sp³-hybridized carbons (Fsp3) is 0.222. The smallest absolute Gasteiger partial charge is 0.321 e. The summed E-state index contributed by atoms with van der Waals surface area (Å²) >= 11 is 12.1. The zero-order valence-electron chi connectivity index (χ0n) is 13.6. The SMILES string of the molecule is CC(NC(=O)c1ccc(N2CCNC2=O)cc1)c1ccc(Cl)cc1Cl. The molecular formula is C18H17Cl2N3O2. The Hall–Kier alpha value is -2.24. The number of benzene rings is 2. The molecule has 0 bridgehead atoms. The molecule has 25 heavy (non-hydrogen) atoms. The molecule has 1 aliphatic heterocycles. The van der Waals surface area contributed by atoms with Crippen molar-refractivity contribution in [2.75, 3.05) is 18.0 Å². The third-order valence-corrected chi connectivity index (χ3v) is 4.64. The van der Waals surface area contributed by atoms with Crippen LogP contribution in [0.3, 0.4) is 0 Å². The average molecular weight is 378 g/mol. The minimum atomic E-state index is -0.263. The summed E-state index contributed by atoms with van der Waals surface area (Å²) in [5, 5.41) is 6.72. The number of hydrogen-bond acceptors (Lipinski definition) is 2. The molecule has 2 N–H and O–H groups in total. The highest BCUT2D eigenvalue weighted by Gasteiger charge is 2.21. The summed E-state index contributed by atoms with van der Waals surface area (Å²) in [5.41, 5.74) is 2.07. The van der Waals surface area contributed by atoms with E-state index in [1.54, 1.807) is 47.4 Å². The molecule has 2 aromatic carbocycles. The van der Waals surface area contributed by atoms with Gasteiger partial charge in [0.15, 0.2) is 0 Å². The Kier molecular flexibility index (Phi) is 5.16. The minimum absolute atomic E-state index is 0.122. The second-order valence-electron chi connectivity index (χ2n) is 5.79. The van der Waals surface area contributed by atoms with Gasteiger partial charge in [0.2, 0.25) is 0 Å². The number of carbonyl (C=O) groups is 2. The minimum Gasteiger partial charge on any atom is -0.345 e. The largest absolute Gasteiger partial charge is 0.345 e. The van der Waals surface area contributed by atoms with Gasteiger partial charge in [-0.25, -0.2) is 4.79 Å². The summed E-state index contributed by atoms with van der Waals surface area (Å²) in [6.45, 7) is 3.10. The van der Waals surface area contributed by atoms with E-state index in [0.717, 1.165) is 11.3 Å². The van der Waals surface area contributed by atoms with Crippen molar-refractivity contribution in [1.82, 2.24) is 10.6 Å². The van der Waals surface area contributed by atoms with Gasteiger partial charge in [-0.15, -0.1) is 0 Å². The Labute approximate surface area is 155 Å². The lowest BCUT2D eigenvalue weighted by molar-refractivity contribution is 0.0940. The van der Waals surface area contributed by atoms with E-state index in [-0.39, 0.29) is 18.0 Å². The molecule has 3 amide bonds. The first kappa shape index (κ1) is 17.6. The first-order chi connectivity index (χ1) is 12.0. The number of carbonyl (C=O) groups excluding carboxylic acids is 2. The van der Waals surface area contributed by atoms with Gasteiger partial charge in [-0.05, 0) is 48.9 Å². The molecule has 1 unspecified atom stereocenters. The lowest BCUT2D eigenvalue weighted by Crippen LogP contribution is -2.28. The highest BCUT2D eigenvalue weighted by molar-refractivity contribution is 6.35. The predicted octanol–water partition coefficient (Wildman–Crippen LogP) is 4.01. The van der Waals surface area contributed by atoms with Crippen LogP contribution in [-0.4, -0.2) is 25.0 Å². The van der Waals surface area contributed by atoms with Crippen LogP contribution in [-0.2, 0) is 0 Å². The van der Waals surface area contributed by atoms with E-state index in [4.69, 9.17) is 23.2 Å². The van der Waals surface area contributed by atoms with E-state index < -0.39 is 0 Å². The maximum atomic E-state index is 12.4. The molecule has 0 aliphatic carbocycles. The van der Waals surface area contributed by atoms with Crippen LogP contribution < -0.4 is 15.5 Å². The molecule has 1 heterocycles. The zero-order valence-corrected chi connectivity index (χ0v) is 15.1. The third-order valence-electron chi connectivity index (χ3n) is 4.07. The first-order valence-corrected chi connectivity index (χ1v) is 8.62. The summed E-state index contributed by atoms with van der Waals surface area (Å²) in [4.78, 5) is 25.7. The van der Waals surface area contributed by atoms with Crippen molar-refractivity contribution in [2.24, 2.45) is 0 Å². The Balaban J connectivity index is 1.69. The summed E-state index contributed by atoms with van der Waals surface area (Å²) in [5.74, 6) is -0.212. The molecule has 130 valence electrons. The highest BCUT2D eigenvalue weighted by Crippen LogP contribution is 2.26. The molecule has 2 aromatic rings. The number of anilines is 1. The average Bonchev–Trinajstić information content (AvgIpc) is 3.00. The molecule has 1 aliphatic rings. The van der Waals surface area contributed by atoms with Crippen LogP contribution in [0.2, 0.25) is 10.0 Å². The van der Waals surface area contributed by atoms with Crippen molar-refractivity contribution in [3.8, 4) is 0 Å². The molecule has 0 aromatic heterocycles. The molecule has 0 spiro atoms. The van der Waals surface area contributed by atoms with E-state index in [2.05, 4.69) is 10.6 Å². The van der Waals surface area contributed by atoms with Crippen LogP contribution in [0.1, 0.15) is 28.9 Å². The molecular weight excluding hydrogens is 361 g/mol. The van der Waals surface area contributed by atoms with Crippen molar-refractivity contribution in [1.29, 1.82) is 0 Å². The fourth-order valence-corrected chi connectivity index (χ4v) is 3.29. The van der Waals surface area contributed by atoms with Crippen LogP contribution in [0.15, 0.2) is 42.5 Å². The first-order valence-electron chi connectivity index (χ1n) is 7.87. The Morgan fingerprint density at radius 1 is 1.20 bits per heavy atom. The lowest BCUT2D eigenvalue weighted by Gasteiger charge is -2.17. The van der Waals surface area contributed by atoms with Crippen LogP contribution >= 0.6 is 23.2 Å². The van der Waals surface area contributed by atoms with Gasteiger partial charge in [-0.3, -0.25) is 9.69 Å². The second kappa shape index (κ2) is 7.33. The summed E-state index contributed by atoms with van der Waals surface area (Å²) in [6, 6.07) is 11.7. The lowest BCUT2D eigenvalue weighted by atomic mass is 10.1. The van der Waals surface area contributed by atoms with Crippen molar-refractivity contribution < 1.29 is 9.59 Å². The van der Waals surface area contributed by atoms with Crippen LogP contribution in [0.4, 0.5) is 10.5 Å². The molecule has 0 saturated carbocycles. The Morgan fingerprint density at radius 2 is 1.92 bits per heavy atom. The van der Waals surface area contributed by atoms with Gasteiger partial charge < -0.3 is 10.6 Å². The van der Waals surface area contributed by atoms with Crippen molar-refractivity contribution >= 4 is 40.8 Å².